The molecule has 0 aliphatic heterocycles. The third-order valence-electron chi connectivity index (χ3n) is 3.03. The molecular formula is C15H15N3O3S2. The van der Waals surface area contributed by atoms with E-state index in [1.165, 1.54) is 35.6 Å². The molecule has 120 valence electrons. The number of sulfonamides is 1. The van der Waals surface area contributed by atoms with Crippen LogP contribution in [0.25, 0.3) is 0 Å². The maximum absolute atomic E-state index is 12.2. The summed E-state index contributed by atoms with van der Waals surface area (Å²) in [7, 11) is -3.99. The lowest BCUT2D eigenvalue weighted by molar-refractivity contribution is 0.0984. The van der Waals surface area contributed by atoms with E-state index in [9.17, 15) is 13.2 Å². The summed E-state index contributed by atoms with van der Waals surface area (Å²) in [5.41, 5.74) is 0.849. The number of benzene rings is 1. The Morgan fingerprint density at radius 3 is 2.39 bits per heavy atom. The summed E-state index contributed by atoms with van der Waals surface area (Å²) in [5, 5.41) is 9.51. The van der Waals surface area contributed by atoms with Crippen molar-refractivity contribution in [3.63, 3.8) is 0 Å². The minimum Gasteiger partial charge on any atom is -0.267 e. The van der Waals surface area contributed by atoms with E-state index >= 15 is 0 Å². The molecule has 0 aliphatic carbocycles. The molecular weight excluding hydrogens is 334 g/mol. The lowest BCUT2D eigenvalue weighted by Crippen LogP contribution is -2.30. The van der Waals surface area contributed by atoms with Crippen LogP contribution in [-0.2, 0) is 10.0 Å². The van der Waals surface area contributed by atoms with Crippen LogP contribution in [0.4, 0.5) is 0 Å². The minimum absolute atomic E-state index is 0.0731. The molecule has 0 radical (unpaired) electrons. The Morgan fingerprint density at radius 1 is 1.30 bits per heavy atom. The molecule has 0 spiro atoms. The van der Waals surface area contributed by atoms with Gasteiger partial charge in [-0.25, -0.2) is 18.1 Å². The zero-order chi connectivity index (χ0) is 17.2. The van der Waals surface area contributed by atoms with Crippen LogP contribution in [0.3, 0.4) is 0 Å². The first-order valence-electron chi connectivity index (χ1n) is 6.79. The SMILES string of the molecule is Cc1nc(C(C)C)sc1C(=O)NS(=O)(=O)c1ccc(C#N)cc1. The van der Waals surface area contributed by atoms with Crippen molar-refractivity contribution in [3.05, 3.63) is 45.4 Å². The van der Waals surface area contributed by atoms with Crippen molar-refractivity contribution < 1.29 is 13.2 Å². The highest BCUT2D eigenvalue weighted by molar-refractivity contribution is 7.90. The number of thiazole rings is 1. The second-order valence-corrected chi connectivity index (χ2v) is 7.91. The zero-order valence-electron chi connectivity index (χ0n) is 12.8. The van der Waals surface area contributed by atoms with Crippen LogP contribution in [0.15, 0.2) is 29.2 Å². The average molecular weight is 349 g/mol. The number of rotatable bonds is 4. The fraction of sp³-hybridized carbons (Fsp3) is 0.267. The van der Waals surface area contributed by atoms with Crippen molar-refractivity contribution in [2.45, 2.75) is 31.6 Å². The molecule has 1 aromatic heterocycles. The molecule has 8 heteroatoms. The molecule has 1 amide bonds. The molecule has 0 aliphatic rings. The summed E-state index contributed by atoms with van der Waals surface area (Å²) in [6, 6.07) is 7.24. The Labute approximate surface area is 138 Å². The van der Waals surface area contributed by atoms with Gasteiger partial charge in [0.2, 0.25) is 0 Å². The van der Waals surface area contributed by atoms with Gasteiger partial charge in [-0.2, -0.15) is 5.26 Å². The topological polar surface area (TPSA) is 99.9 Å². The number of hydrogen-bond donors (Lipinski definition) is 1. The molecule has 0 saturated carbocycles. The van der Waals surface area contributed by atoms with Gasteiger partial charge < -0.3 is 0 Å². The number of aromatic nitrogens is 1. The van der Waals surface area contributed by atoms with E-state index in [4.69, 9.17) is 5.26 Å². The molecule has 1 heterocycles. The zero-order valence-corrected chi connectivity index (χ0v) is 14.5. The quantitative estimate of drug-likeness (QED) is 0.914. The highest BCUT2D eigenvalue weighted by Crippen LogP contribution is 2.24. The van der Waals surface area contributed by atoms with Crippen LogP contribution in [0.5, 0.6) is 0 Å². The number of hydrogen-bond acceptors (Lipinski definition) is 6. The number of nitrogens with zero attached hydrogens (tertiary/aromatic N) is 2. The largest absolute Gasteiger partial charge is 0.276 e. The van der Waals surface area contributed by atoms with Crippen LogP contribution in [0, 0.1) is 18.3 Å². The lowest BCUT2D eigenvalue weighted by Gasteiger charge is -2.06. The van der Waals surface area contributed by atoms with Crippen LogP contribution in [0.1, 0.15) is 45.7 Å². The van der Waals surface area contributed by atoms with Gasteiger partial charge in [-0.05, 0) is 31.2 Å². The normalized spacial score (nSPS) is 11.3. The third-order valence-corrected chi connectivity index (χ3v) is 5.84. The molecule has 1 N–H and O–H groups in total. The number of carbonyl (C=O) groups excluding carboxylic acids is 1. The molecule has 0 atom stereocenters. The first-order valence-corrected chi connectivity index (χ1v) is 9.09. The predicted octanol–water partition coefficient (Wildman–Crippen LogP) is 2.57. The van der Waals surface area contributed by atoms with Gasteiger partial charge in [-0.3, -0.25) is 4.79 Å². The Morgan fingerprint density at radius 2 is 1.91 bits per heavy atom. The third kappa shape index (κ3) is 3.75. The summed E-state index contributed by atoms with van der Waals surface area (Å²) in [4.78, 5) is 16.7. The smallest absolute Gasteiger partial charge is 0.267 e. The van der Waals surface area contributed by atoms with Crippen molar-refractivity contribution in [2.75, 3.05) is 0 Å². The van der Waals surface area contributed by atoms with Gasteiger partial charge in [-0.1, -0.05) is 13.8 Å². The van der Waals surface area contributed by atoms with Gasteiger partial charge in [0.15, 0.2) is 0 Å². The molecule has 23 heavy (non-hydrogen) atoms. The summed E-state index contributed by atoms with van der Waals surface area (Å²) >= 11 is 1.19. The van der Waals surface area contributed by atoms with E-state index in [-0.39, 0.29) is 15.7 Å². The molecule has 0 saturated heterocycles. The van der Waals surface area contributed by atoms with Gasteiger partial charge in [0.25, 0.3) is 15.9 Å². The summed E-state index contributed by atoms with van der Waals surface area (Å²) < 4.78 is 26.5. The molecule has 2 rings (SSSR count). The Hall–Kier alpha value is -2.24. The second-order valence-electron chi connectivity index (χ2n) is 5.19. The molecule has 6 nitrogen and oxygen atoms in total. The lowest BCUT2D eigenvalue weighted by atomic mass is 10.2. The number of nitriles is 1. The predicted molar refractivity (Wildman–Crippen MR) is 86.7 cm³/mol. The van der Waals surface area contributed by atoms with E-state index in [0.717, 1.165) is 5.01 Å². The van der Waals surface area contributed by atoms with Crippen molar-refractivity contribution in [1.29, 1.82) is 5.26 Å². The highest BCUT2D eigenvalue weighted by Gasteiger charge is 2.23. The number of nitrogens with one attached hydrogen (secondary N) is 1. The first kappa shape index (κ1) is 17.1. The minimum atomic E-state index is -3.99. The monoisotopic (exact) mass is 349 g/mol. The highest BCUT2D eigenvalue weighted by atomic mass is 32.2. The van der Waals surface area contributed by atoms with Crippen LogP contribution >= 0.6 is 11.3 Å². The summed E-state index contributed by atoms with van der Waals surface area (Å²) in [6.45, 7) is 5.58. The number of aryl methyl sites for hydroxylation is 1. The van der Waals surface area contributed by atoms with Crippen LogP contribution < -0.4 is 4.72 Å². The van der Waals surface area contributed by atoms with Gasteiger partial charge in [0, 0.05) is 5.92 Å². The number of carbonyl (C=O) groups is 1. The van der Waals surface area contributed by atoms with Gasteiger partial charge in [0.05, 0.1) is 27.2 Å². The maximum Gasteiger partial charge on any atom is 0.276 e. The van der Waals surface area contributed by atoms with E-state index in [2.05, 4.69) is 4.98 Å². The van der Waals surface area contributed by atoms with Crippen molar-refractivity contribution in [1.82, 2.24) is 9.71 Å². The molecule has 0 bridgehead atoms. The first-order chi connectivity index (χ1) is 10.7. The maximum atomic E-state index is 12.2. The fourth-order valence-electron chi connectivity index (χ4n) is 1.81. The van der Waals surface area contributed by atoms with Crippen molar-refractivity contribution in [2.24, 2.45) is 0 Å². The van der Waals surface area contributed by atoms with Crippen molar-refractivity contribution >= 4 is 27.3 Å². The average Bonchev–Trinajstić information content (AvgIpc) is 2.89. The van der Waals surface area contributed by atoms with Crippen LogP contribution in [-0.4, -0.2) is 19.3 Å². The van der Waals surface area contributed by atoms with Crippen molar-refractivity contribution in [3.8, 4) is 6.07 Å². The molecule has 0 unspecified atom stereocenters. The van der Waals surface area contributed by atoms with E-state index in [0.29, 0.717) is 11.3 Å². The van der Waals surface area contributed by atoms with Gasteiger partial charge >= 0.3 is 0 Å². The molecule has 0 fully saturated rings. The molecule has 2 aromatic rings. The molecule has 1 aromatic carbocycles. The summed E-state index contributed by atoms with van der Waals surface area (Å²) in [6.07, 6.45) is 0. The van der Waals surface area contributed by atoms with E-state index < -0.39 is 15.9 Å². The Balaban J connectivity index is 2.26. The van der Waals surface area contributed by atoms with Gasteiger partial charge in [0.1, 0.15) is 4.88 Å². The van der Waals surface area contributed by atoms with E-state index in [1.807, 2.05) is 24.6 Å². The Kier molecular flexibility index (Phi) is 4.82. The fourth-order valence-corrected chi connectivity index (χ4v) is 3.80. The number of amides is 1. The second kappa shape index (κ2) is 6.48. The summed E-state index contributed by atoms with van der Waals surface area (Å²) in [5.74, 6) is -0.536. The van der Waals surface area contributed by atoms with Crippen LogP contribution in [0.2, 0.25) is 0 Å². The van der Waals surface area contributed by atoms with Gasteiger partial charge in [-0.15, -0.1) is 11.3 Å². The standard InChI is InChI=1S/C15H15N3O3S2/c1-9(2)15-17-10(3)13(22-15)14(19)18-23(20,21)12-6-4-11(8-16)5-7-12/h4-7,9H,1-3H3,(H,18,19). The van der Waals surface area contributed by atoms with E-state index in [1.54, 1.807) is 6.92 Å². The Bertz CT molecular complexity index is 876.